The highest BCUT2D eigenvalue weighted by molar-refractivity contribution is 5.65. The van der Waals surface area contributed by atoms with Gasteiger partial charge in [-0.2, -0.15) is 0 Å². The fraction of sp³-hybridized carbons (Fsp3) is 0.667. The summed E-state index contributed by atoms with van der Waals surface area (Å²) in [6.07, 6.45) is 24.8. The number of rotatable bonds is 14. The first kappa shape index (κ1) is 30.2. The Balaban J connectivity index is 1.13. The monoisotopic (exact) mass is 540 g/mol. The molecule has 2 fully saturated rings. The van der Waals surface area contributed by atoms with Gasteiger partial charge in [0.25, 0.3) is 0 Å². The van der Waals surface area contributed by atoms with Gasteiger partial charge in [0.1, 0.15) is 18.3 Å². The molecule has 0 bridgehead atoms. The van der Waals surface area contributed by atoms with E-state index < -0.39 is 12.5 Å². The first-order valence-corrected chi connectivity index (χ1v) is 16.2. The van der Waals surface area contributed by atoms with Gasteiger partial charge in [0, 0.05) is 11.1 Å². The largest absolute Gasteiger partial charge is 0.246 e. The second kappa shape index (κ2) is 15.9. The van der Waals surface area contributed by atoms with Crippen molar-refractivity contribution in [2.24, 2.45) is 17.8 Å². The molecular formula is C36H51F3. The molecule has 0 atom stereocenters. The Morgan fingerprint density at radius 2 is 1.21 bits per heavy atom. The summed E-state index contributed by atoms with van der Waals surface area (Å²) in [5.41, 5.74) is 1.92. The van der Waals surface area contributed by atoms with Gasteiger partial charge in [-0.15, -0.1) is 0 Å². The van der Waals surface area contributed by atoms with Crippen LogP contribution in [0.1, 0.15) is 140 Å². The van der Waals surface area contributed by atoms with Crippen molar-refractivity contribution in [1.29, 1.82) is 0 Å². The normalized spacial score (nSPS) is 23.7. The average molecular weight is 541 g/mol. The molecule has 0 heterocycles. The molecule has 3 heteroatoms. The lowest BCUT2D eigenvalue weighted by atomic mass is 9.74. The lowest BCUT2D eigenvalue weighted by Crippen LogP contribution is -2.18. The Bertz CT molecular complexity index is 983. The molecule has 2 aromatic rings. The van der Waals surface area contributed by atoms with Crippen LogP contribution in [-0.2, 0) is 6.67 Å². The predicted octanol–water partition coefficient (Wildman–Crippen LogP) is 12.1. The topological polar surface area (TPSA) is 0 Å². The van der Waals surface area contributed by atoms with Crippen LogP contribution in [0.25, 0.3) is 11.1 Å². The number of hydrogen-bond acceptors (Lipinski definition) is 0. The fourth-order valence-electron chi connectivity index (χ4n) is 7.30. The van der Waals surface area contributed by atoms with E-state index in [9.17, 15) is 13.2 Å². The van der Waals surface area contributed by atoms with Gasteiger partial charge < -0.3 is 0 Å². The van der Waals surface area contributed by atoms with Crippen LogP contribution in [0.15, 0.2) is 36.4 Å². The number of alkyl halides is 1. The second-order valence-electron chi connectivity index (χ2n) is 12.8. The highest BCUT2D eigenvalue weighted by atomic mass is 19.1. The Morgan fingerprint density at radius 3 is 1.79 bits per heavy atom. The van der Waals surface area contributed by atoms with Crippen molar-refractivity contribution in [2.45, 2.75) is 135 Å². The van der Waals surface area contributed by atoms with Crippen LogP contribution in [0.4, 0.5) is 13.2 Å². The van der Waals surface area contributed by atoms with E-state index in [0.717, 1.165) is 36.2 Å². The summed E-state index contributed by atoms with van der Waals surface area (Å²) in [5, 5.41) is 0. The third kappa shape index (κ3) is 9.12. The third-order valence-electron chi connectivity index (χ3n) is 9.98. The first-order chi connectivity index (χ1) is 19.1. The zero-order valence-corrected chi connectivity index (χ0v) is 24.3. The van der Waals surface area contributed by atoms with Crippen molar-refractivity contribution in [3.8, 4) is 11.1 Å². The molecule has 2 saturated carbocycles. The zero-order chi connectivity index (χ0) is 27.5. The van der Waals surface area contributed by atoms with Crippen LogP contribution in [-0.4, -0.2) is 0 Å². The molecule has 0 aromatic heterocycles. The summed E-state index contributed by atoms with van der Waals surface area (Å²) in [6.45, 7) is 1.44. The number of halogens is 3. The van der Waals surface area contributed by atoms with Gasteiger partial charge in [-0.1, -0.05) is 121 Å². The molecule has 0 amide bonds. The molecule has 0 N–H and O–H groups in total. The van der Waals surface area contributed by atoms with Crippen molar-refractivity contribution in [3.63, 3.8) is 0 Å². The van der Waals surface area contributed by atoms with Crippen LogP contribution in [0.5, 0.6) is 0 Å². The Labute approximate surface area is 236 Å². The van der Waals surface area contributed by atoms with E-state index in [1.54, 1.807) is 18.2 Å². The van der Waals surface area contributed by atoms with E-state index in [1.165, 1.54) is 115 Å². The number of hydrogen-bond donors (Lipinski definition) is 0. The van der Waals surface area contributed by atoms with Crippen molar-refractivity contribution >= 4 is 0 Å². The van der Waals surface area contributed by atoms with Gasteiger partial charge in [-0.3, -0.25) is 0 Å². The highest BCUT2D eigenvalue weighted by Crippen LogP contribution is 2.41. The van der Waals surface area contributed by atoms with Crippen molar-refractivity contribution in [3.05, 3.63) is 59.2 Å². The minimum Gasteiger partial charge on any atom is -0.246 e. The van der Waals surface area contributed by atoms with Gasteiger partial charge in [0.2, 0.25) is 0 Å². The van der Waals surface area contributed by atoms with Crippen molar-refractivity contribution in [1.82, 2.24) is 0 Å². The molecule has 4 rings (SSSR count). The van der Waals surface area contributed by atoms with E-state index >= 15 is 0 Å². The molecule has 0 aliphatic heterocycles. The van der Waals surface area contributed by atoms with E-state index in [2.05, 4.69) is 6.92 Å². The maximum absolute atomic E-state index is 15.0. The van der Waals surface area contributed by atoms with Crippen LogP contribution in [0, 0.1) is 29.4 Å². The van der Waals surface area contributed by atoms with Crippen molar-refractivity contribution < 1.29 is 13.2 Å². The third-order valence-corrected chi connectivity index (χ3v) is 9.98. The quantitative estimate of drug-likeness (QED) is 0.209. The van der Waals surface area contributed by atoms with Crippen molar-refractivity contribution in [2.75, 3.05) is 0 Å². The maximum atomic E-state index is 15.0. The SMILES string of the molecule is CCCCCCCCCC1CCC(CCC2CCC(c3ccc(-c4ccc(CF)c(F)c4)c(F)c3)CC2)CC1. The molecule has 2 aromatic carbocycles. The molecule has 0 spiro atoms. The summed E-state index contributed by atoms with van der Waals surface area (Å²) < 4.78 is 41.8. The van der Waals surface area contributed by atoms with E-state index in [4.69, 9.17) is 0 Å². The summed E-state index contributed by atoms with van der Waals surface area (Å²) >= 11 is 0. The molecule has 2 aliphatic carbocycles. The van der Waals surface area contributed by atoms with E-state index in [-0.39, 0.29) is 11.4 Å². The minimum atomic E-state index is -0.851. The molecule has 39 heavy (non-hydrogen) atoms. The van der Waals surface area contributed by atoms with Crippen LogP contribution in [0.2, 0.25) is 0 Å². The molecule has 0 radical (unpaired) electrons. The lowest BCUT2D eigenvalue weighted by Gasteiger charge is -2.32. The standard InChI is InChI=1S/C36H51F3/c1-2-3-4-5-6-7-8-9-27-10-12-28(13-11-27)14-15-29-16-18-30(19-17-29)31-22-23-34(36(39)24-31)32-20-21-33(26-37)35(38)25-32/h20-25,27-30H,2-19,26H2,1H3. The summed E-state index contributed by atoms with van der Waals surface area (Å²) in [5.74, 6) is 2.24. The number of benzene rings is 2. The predicted molar refractivity (Wildman–Crippen MR) is 159 cm³/mol. The number of unbranched alkanes of at least 4 members (excludes halogenated alkanes) is 6. The van der Waals surface area contributed by atoms with Gasteiger partial charge in [0.15, 0.2) is 0 Å². The first-order valence-electron chi connectivity index (χ1n) is 16.2. The zero-order valence-electron chi connectivity index (χ0n) is 24.3. The Morgan fingerprint density at radius 1 is 0.615 bits per heavy atom. The van der Waals surface area contributed by atoms with Gasteiger partial charge in [-0.05, 0) is 72.6 Å². The summed E-state index contributed by atoms with van der Waals surface area (Å²) in [6, 6.07) is 9.67. The molecule has 0 unspecified atom stereocenters. The molecule has 0 saturated heterocycles. The molecule has 2 aliphatic rings. The Hall–Kier alpha value is -1.77. The van der Waals surface area contributed by atoms with Gasteiger partial charge >= 0.3 is 0 Å². The maximum Gasteiger partial charge on any atom is 0.131 e. The molecular weight excluding hydrogens is 489 g/mol. The molecule has 0 nitrogen and oxygen atoms in total. The minimum absolute atomic E-state index is 0.0130. The highest BCUT2D eigenvalue weighted by Gasteiger charge is 2.26. The lowest BCUT2D eigenvalue weighted by molar-refractivity contribution is 0.222. The van der Waals surface area contributed by atoms with Gasteiger partial charge in [0.05, 0.1) is 0 Å². The summed E-state index contributed by atoms with van der Waals surface area (Å²) in [4.78, 5) is 0. The summed E-state index contributed by atoms with van der Waals surface area (Å²) in [7, 11) is 0. The van der Waals surface area contributed by atoms with E-state index in [1.807, 2.05) is 6.07 Å². The smallest absolute Gasteiger partial charge is 0.131 e. The fourth-order valence-corrected chi connectivity index (χ4v) is 7.30. The van der Waals surface area contributed by atoms with Crippen LogP contribution >= 0.6 is 0 Å². The molecule has 216 valence electrons. The van der Waals surface area contributed by atoms with Crippen LogP contribution < -0.4 is 0 Å². The van der Waals surface area contributed by atoms with Gasteiger partial charge in [-0.25, -0.2) is 13.2 Å². The average Bonchev–Trinajstić information content (AvgIpc) is 2.96. The van der Waals surface area contributed by atoms with E-state index in [0.29, 0.717) is 17.0 Å². The second-order valence-corrected chi connectivity index (χ2v) is 12.8. The Kier molecular flexibility index (Phi) is 12.3. The van der Waals surface area contributed by atoms with Crippen LogP contribution in [0.3, 0.4) is 0 Å².